The van der Waals surface area contributed by atoms with Crippen LogP contribution in [0.25, 0.3) is 0 Å². The van der Waals surface area contributed by atoms with Crippen LogP contribution in [-0.4, -0.2) is 16.5 Å². The van der Waals surface area contributed by atoms with Crippen molar-refractivity contribution in [3.8, 4) is 0 Å². The van der Waals surface area contributed by atoms with Gasteiger partial charge >= 0.3 is 0 Å². The van der Waals surface area contributed by atoms with Crippen LogP contribution in [0, 0.1) is 0 Å². The number of hydrogen-bond acceptors (Lipinski definition) is 3. The second-order valence-electron chi connectivity index (χ2n) is 6.30. The fourth-order valence-electron chi connectivity index (χ4n) is 1.78. The van der Waals surface area contributed by atoms with E-state index >= 15 is 0 Å². The maximum atomic E-state index is 4.77. The molecule has 1 aliphatic rings. The minimum Gasteiger partial charge on any atom is -0.370 e. The summed E-state index contributed by atoms with van der Waals surface area (Å²) >= 11 is 0. The largest absolute Gasteiger partial charge is 0.370 e. The summed E-state index contributed by atoms with van der Waals surface area (Å²) in [5.74, 6) is 1.98. The molecule has 0 amide bonds. The lowest BCUT2D eigenvalue weighted by molar-refractivity contribution is 0.554. The quantitative estimate of drug-likeness (QED) is 0.870. The number of hydrogen-bond donors (Lipinski definition) is 1. The molecule has 0 aromatic carbocycles. The average Bonchev–Trinajstić information content (AvgIpc) is 2.97. The molecular weight excluding hydrogens is 210 g/mol. The molecular formula is C14H23N3. The highest BCUT2D eigenvalue weighted by atomic mass is 15.0. The fourth-order valence-corrected chi connectivity index (χ4v) is 1.78. The van der Waals surface area contributed by atoms with Crippen molar-refractivity contribution in [3.63, 3.8) is 0 Å². The smallest absolute Gasteiger partial charge is 0.136 e. The predicted octanol–water partition coefficient (Wildman–Crippen LogP) is 3.26. The Kier molecular flexibility index (Phi) is 2.88. The molecule has 1 N–H and O–H groups in total. The Morgan fingerprint density at radius 1 is 1.29 bits per heavy atom. The van der Waals surface area contributed by atoms with Crippen LogP contribution in [0.5, 0.6) is 0 Å². The number of aromatic nitrogens is 2. The highest BCUT2D eigenvalue weighted by Gasteiger charge is 2.42. The van der Waals surface area contributed by atoms with Crippen LogP contribution in [0.2, 0.25) is 0 Å². The third kappa shape index (κ3) is 2.59. The molecule has 1 aliphatic carbocycles. The molecule has 3 heteroatoms. The lowest BCUT2D eigenvalue weighted by Gasteiger charge is -2.21. The number of nitrogens with zero attached hydrogens (tertiary/aromatic N) is 2. The Balaban J connectivity index is 2.43. The first-order valence-corrected chi connectivity index (χ1v) is 6.49. The normalized spacial score (nSPS) is 17.9. The first-order chi connectivity index (χ1) is 7.85. The second kappa shape index (κ2) is 3.97. The molecule has 0 aliphatic heterocycles. The zero-order valence-electron chi connectivity index (χ0n) is 11.6. The van der Waals surface area contributed by atoms with Gasteiger partial charge in [0.15, 0.2) is 0 Å². The van der Waals surface area contributed by atoms with E-state index in [1.807, 2.05) is 0 Å². The van der Waals surface area contributed by atoms with E-state index in [-0.39, 0.29) is 10.8 Å². The van der Waals surface area contributed by atoms with Gasteiger partial charge in [0.2, 0.25) is 0 Å². The topological polar surface area (TPSA) is 37.8 Å². The SMILES string of the molecule is CCNc1cc(C(C)(C)C)nc(C2(C)CC2)n1. The van der Waals surface area contributed by atoms with Crippen LogP contribution in [0.15, 0.2) is 6.07 Å². The molecule has 0 unspecified atom stereocenters. The second-order valence-corrected chi connectivity index (χ2v) is 6.30. The highest BCUT2D eigenvalue weighted by Crippen LogP contribution is 2.46. The van der Waals surface area contributed by atoms with Crippen molar-refractivity contribution in [3.05, 3.63) is 17.6 Å². The zero-order valence-corrected chi connectivity index (χ0v) is 11.6. The van der Waals surface area contributed by atoms with Crippen LogP contribution in [0.3, 0.4) is 0 Å². The molecule has 1 aromatic rings. The molecule has 1 aromatic heterocycles. The molecule has 94 valence electrons. The van der Waals surface area contributed by atoms with Crippen LogP contribution in [-0.2, 0) is 10.8 Å². The van der Waals surface area contributed by atoms with Crippen molar-refractivity contribution in [2.75, 3.05) is 11.9 Å². The van der Waals surface area contributed by atoms with Gasteiger partial charge in [0.05, 0.1) is 5.69 Å². The number of nitrogens with one attached hydrogen (secondary N) is 1. The van der Waals surface area contributed by atoms with E-state index in [4.69, 9.17) is 4.98 Å². The molecule has 1 heterocycles. The molecule has 0 radical (unpaired) electrons. The van der Waals surface area contributed by atoms with Crippen molar-refractivity contribution in [2.24, 2.45) is 0 Å². The van der Waals surface area contributed by atoms with Gasteiger partial charge in [0.25, 0.3) is 0 Å². The van der Waals surface area contributed by atoms with E-state index < -0.39 is 0 Å². The Labute approximate surface area is 104 Å². The van der Waals surface area contributed by atoms with Crippen molar-refractivity contribution >= 4 is 5.82 Å². The van der Waals surface area contributed by atoms with Gasteiger partial charge in [0, 0.05) is 23.4 Å². The number of anilines is 1. The molecule has 3 nitrogen and oxygen atoms in total. The van der Waals surface area contributed by atoms with Crippen molar-refractivity contribution in [1.29, 1.82) is 0 Å². The van der Waals surface area contributed by atoms with Gasteiger partial charge in [-0.1, -0.05) is 27.7 Å². The Morgan fingerprint density at radius 3 is 2.41 bits per heavy atom. The Bertz CT molecular complexity index is 390. The van der Waals surface area contributed by atoms with Gasteiger partial charge in [0.1, 0.15) is 11.6 Å². The summed E-state index contributed by atoms with van der Waals surface area (Å²) in [4.78, 5) is 9.42. The molecule has 17 heavy (non-hydrogen) atoms. The lowest BCUT2D eigenvalue weighted by Crippen LogP contribution is -2.19. The molecule has 2 rings (SSSR count). The van der Waals surface area contributed by atoms with Gasteiger partial charge in [-0.3, -0.25) is 0 Å². The molecule has 1 saturated carbocycles. The zero-order chi connectivity index (χ0) is 12.7. The summed E-state index contributed by atoms with van der Waals surface area (Å²) in [7, 11) is 0. The maximum absolute atomic E-state index is 4.77. The van der Waals surface area contributed by atoms with Gasteiger partial charge in [-0.25, -0.2) is 9.97 Å². The summed E-state index contributed by atoms with van der Waals surface area (Å²) in [6.45, 7) is 11.8. The van der Waals surface area contributed by atoms with Crippen molar-refractivity contribution < 1.29 is 0 Å². The summed E-state index contributed by atoms with van der Waals surface area (Å²) in [5, 5.41) is 3.31. The fraction of sp³-hybridized carbons (Fsp3) is 0.714. The van der Waals surface area contributed by atoms with Crippen molar-refractivity contribution in [1.82, 2.24) is 9.97 Å². The van der Waals surface area contributed by atoms with Gasteiger partial charge in [-0.05, 0) is 19.8 Å². The van der Waals surface area contributed by atoms with Gasteiger partial charge in [-0.2, -0.15) is 0 Å². The molecule has 0 spiro atoms. The first-order valence-electron chi connectivity index (χ1n) is 6.49. The highest BCUT2D eigenvalue weighted by molar-refractivity contribution is 5.39. The minimum atomic E-state index is 0.0765. The number of rotatable bonds is 3. The molecule has 0 saturated heterocycles. The monoisotopic (exact) mass is 233 g/mol. The molecule has 1 fully saturated rings. The summed E-state index contributed by atoms with van der Waals surface area (Å²) < 4.78 is 0. The Morgan fingerprint density at radius 2 is 1.94 bits per heavy atom. The average molecular weight is 233 g/mol. The minimum absolute atomic E-state index is 0.0765. The first kappa shape index (κ1) is 12.3. The summed E-state index contributed by atoms with van der Waals surface area (Å²) in [6, 6.07) is 2.08. The predicted molar refractivity (Wildman–Crippen MR) is 71.5 cm³/mol. The standard InChI is InChI=1S/C14H23N3/c1-6-15-11-9-10(13(2,3)4)16-12(17-11)14(5)7-8-14/h9H,6-8H2,1-5H3,(H,15,16,17). The molecule has 0 atom stereocenters. The van der Waals surface area contributed by atoms with Gasteiger partial charge < -0.3 is 5.32 Å². The van der Waals surface area contributed by atoms with Crippen LogP contribution in [0.1, 0.15) is 59.0 Å². The van der Waals surface area contributed by atoms with Gasteiger partial charge in [-0.15, -0.1) is 0 Å². The summed E-state index contributed by atoms with van der Waals surface area (Å²) in [5.41, 5.74) is 1.44. The summed E-state index contributed by atoms with van der Waals surface area (Å²) in [6.07, 6.45) is 2.43. The maximum Gasteiger partial charge on any atom is 0.136 e. The van der Waals surface area contributed by atoms with Crippen LogP contribution >= 0.6 is 0 Å². The van der Waals surface area contributed by atoms with E-state index in [0.29, 0.717) is 0 Å². The van der Waals surface area contributed by atoms with Crippen LogP contribution in [0.4, 0.5) is 5.82 Å². The van der Waals surface area contributed by atoms with E-state index in [2.05, 4.69) is 51.0 Å². The van der Waals surface area contributed by atoms with E-state index in [1.54, 1.807) is 0 Å². The van der Waals surface area contributed by atoms with E-state index in [0.717, 1.165) is 23.9 Å². The van der Waals surface area contributed by atoms with Crippen LogP contribution < -0.4 is 5.32 Å². The lowest BCUT2D eigenvalue weighted by atomic mass is 9.91. The third-order valence-electron chi connectivity index (χ3n) is 3.39. The van der Waals surface area contributed by atoms with E-state index in [1.165, 1.54) is 12.8 Å². The van der Waals surface area contributed by atoms with Crippen molar-refractivity contribution in [2.45, 2.75) is 58.3 Å². The molecule has 0 bridgehead atoms. The Hall–Kier alpha value is -1.12. The third-order valence-corrected chi connectivity index (χ3v) is 3.39. The van der Waals surface area contributed by atoms with E-state index in [9.17, 15) is 0 Å².